The molecular weight excluding hydrogens is 419 g/mol. The highest BCUT2D eigenvalue weighted by Crippen LogP contribution is 2.46. The van der Waals surface area contributed by atoms with Crippen LogP contribution in [0.2, 0.25) is 0 Å². The summed E-state index contributed by atoms with van der Waals surface area (Å²) in [5, 5.41) is 0. The average Bonchev–Trinajstić information content (AvgIpc) is 3.19. The molecule has 2 N–H and O–H groups in total. The first-order valence-electron chi connectivity index (χ1n) is 10.5. The summed E-state index contributed by atoms with van der Waals surface area (Å²) < 4.78 is 18.2. The number of halogens is 1. The molecule has 3 aromatic heterocycles. The lowest BCUT2D eigenvalue weighted by Crippen LogP contribution is -2.26. The van der Waals surface area contributed by atoms with Gasteiger partial charge in [0.25, 0.3) is 0 Å². The van der Waals surface area contributed by atoms with Gasteiger partial charge in [-0.15, -0.1) is 0 Å². The summed E-state index contributed by atoms with van der Waals surface area (Å²) in [6.07, 6.45) is 8.70. The number of aromatic nitrogens is 4. The summed E-state index contributed by atoms with van der Waals surface area (Å²) in [5.74, 6) is 0.759. The third kappa shape index (κ3) is 3.69. The molecule has 164 valence electrons. The molecule has 0 radical (unpaired) electrons. The summed E-state index contributed by atoms with van der Waals surface area (Å²) in [4.78, 5) is 22.0. The largest absolute Gasteiger partial charge is 0.478 e. The zero-order chi connectivity index (χ0) is 22.7. The summed E-state index contributed by atoms with van der Waals surface area (Å²) in [7, 11) is 0. The first-order valence-corrected chi connectivity index (χ1v) is 10.5. The predicted molar refractivity (Wildman–Crippen MR) is 123 cm³/mol. The molecule has 33 heavy (non-hydrogen) atoms. The average molecular weight is 440 g/mol. The minimum Gasteiger partial charge on any atom is -0.478 e. The Morgan fingerprint density at radius 3 is 2.61 bits per heavy atom. The lowest BCUT2D eigenvalue weighted by Gasteiger charge is -2.29. The molecule has 0 bridgehead atoms. The molecule has 0 spiro atoms. The van der Waals surface area contributed by atoms with Gasteiger partial charge in [0.05, 0.1) is 13.3 Å². The van der Waals surface area contributed by atoms with Crippen LogP contribution in [0.25, 0.3) is 11.1 Å². The molecule has 1 unspecified atom stereocenters. The number of hydrogen-bond donors (Lipinski definition) is 1. The summed E-state index contributed by atoms with van der Waals surface area (Å²) in [6, 6.07) is 15.6. The van der Waals surface area contributed by atoms with E-state index < -0.39 is 12.2 Å². The van der Waals surface area contributed by atoms with Crippen molar-refractivity contribution in [3.63, 3.8) is 0 Å². The third-order valence-electron chi connectivity index (χ3n) is 5.58. The second-order valence-corrected chi connectivity index (χ2v) is 7.59. The fraction of sp³-hybridized carbons (Fsp3) is 0.160. The highest BCUT2D eigenvalue weighted by molar-refractivity contribution is 6.01. The van der Waals surface area contributed by atoms with Crippen LogP contribution < -0.4 is 10.5 Å². The van der Waals surface area contributed by atoms with E-state index in [0.717, 1.165) is 27.8 Å². The van der Waals surface area contributed by atoms with Crippen LogP contribution in [0.5, 0.6) is 5.88 Å². The van der Waals surface area contributed by atoms with Crippen molar-refractivity contribution in [1.82, 2.24) is 19.9 Å². The standard InChI is InChI=1S/C25H21FN6O/c26-8-3-11-33-22-13-20(7-10-30-22)25(21-6-2-9-31-23(21)24(27)32-25)19-5-1-4-17(12-19)18-14-28-16-29-15-18/h1-2,4-7,9-10,12-16H,3,8,11H2,(H2,27,32). The number of amidine groups is 1. The molecule has 1 aliphatic rings. The lowest BCUT2D eigenvalue weighted by molar-refractivity contribution is 0.279. The molecule has 8 heteroatoms. The van der Waals surface area contributed by atoms with E-state index in [0.29, 0.717) is 23.8 Å². The Morgan fingerprint density at radius 1 is 0.909 bits per heavy atom. The maximum Gasteiger partial charge on any atom is 0.213 e. The van der Waals surface area contributed by atoms with Crippen molar-refractivity contribution in [2.24, 2.45) is 10.7 Å². The zero-order valence-electron chi connectivity index (χ0n) is 17.7. The van der Waals surface area contributed by atoms with Gasteiger partial charge in [0.2, 0.25) is 5.88 Å². The van der Waals surface area contributed by atoms with Crippen molar-refractivity contribution in [2.45, 2.75) is 12.0 Å². The molecule has 1 aliphatic heterocycles. The number of ether oxygens (including phenoxy) is 1. The van der Waals surface area contributed by atoms with Crippen LogP contribution in [0, 0.1) is 0 Å². The van der Waals surface area contributed by atoms with Gasteiger partial charge in [-0.1, -0.05) is 24.3 Å². The van der Waals surface area contributed by atoms with E-state index in [1.165, 1.54) is 6.33 Å². The van der Waals surface area contributed by atoms with Gasteiger partial charge in [0.1, 0.15) is 23.4 Å². The Labute approximate surface area is 190 Å². The van der Waals surface area contributed by atoms with Crippen LogP contribution in [0.3, 0.4) is 0 Å². The monoisotopic (exact) mass is 440 g/mol. The highest BCUT2D eigenvalue weighted by Gasteiger charge is 2.44. The first-order chi connectivity index (χ1) is 16.2. The number of aliphatic imine (C=N–C) groups is 1. The minimum absolute atomic E-state index is 0.243. The number of nitrogens with two attached hydrogens (primary N) is 1. The zero-order valence-corrected chi connectivity index (χ0v) is 17.7. The van der Waals surface area contributed by atoms with Crippen molar-refractivity contribution in [3.05, 3.63) is 102 Å². The Kier molecular flexibility index (Phi) is 5.48. The normalized spacial score (nSPS) is 16.8. The number of alkyl halides is 1. The van der Waals surface area contributed by atoms with Crippen molar-refractivity contribution >= 4 is 5.84 Å². The molecule has 0 aliphatic carbocycles. The molecular formula is C25H21FN6O. The van der Waals surface area contributed by atoms with Crippen LogP contribution in [0.1, 0.15) is 28.8 Å². The Hall–Kier alpha value is -4.20. The van der Waals surface area contributed by atoms with E-state index in [9.17, 15) is 4.39 Å². The van der Waals surface area contributed by atoms with E-state index in [2.05, 4.69) is 26.0 Å². The highest BCUT2D eigenvalue weighted by atomic mass is 19.1. The summed E-state index contributed by atoms with van der Waals surface area (Å²) >= 11 is 0. The topological polar surface area (TPSA) is 99.2 Å². The molecule has 4 aromatic rings. The SMILES string of the molecule is NC1=NC(c2cccc(-c3cncnc3)c2)(c2ccnc(OCCCF)c2)c2cccnc21. The van der Waals surface area contributed by atoms with Gasteiger partial charge >= 0.3 is 0 Å². The summed E-state index contributed by atoms with van der Waals surface area (Å²) in [6.45, 7) is -0.202. The quantitative estimate of drug-likeness (QED) is 0.440. The number of benzene rings is 1. The third-order valence-corrected chi connectivity index (χ3v) is 5.58. The Bertz CT molecular complexity index is 1310. The van der Waals surface area contributed by atoms with Gasteiger partial charge in [-0.3, -0.25) is 9.37 Å². The van der Waals surface area contributed by atoms with E-state index >= 15 is 0 Å². The minimum atomic E-state index is -0.944. The molecule has 1 aromatic carbocycles. The van der Waals surface area contributed by atoms with Gasteiger partial charge in [-0.2, -0.15) is 0 Å². The molecule has 7 nitrogen and oxygen atoms in total. The van der Waals surface area contributed by atoms with Gasteiger partial charge < -0.3 is 10.5 Å². The van der Waals surface area contributed by atoms with E-state index in [1.54, 1.807) is 24.8 Å². The maximum absolute atomic E-state index is 12.5. The Morgan fingerprint density at radius 2 is 1.76 bits per heavy atom. The van der Waals surface area contributed by atoms with Crippen molar-refractivity contribution in [1.29, 1.82) is 0 Å². The van der Waals surface area contributed by atoms with Crippen LogP contribution in [0.15, 0.2) is 84.6 Å². The number of pyridine rings is 2. The first kappa shape index (κ1) is 20.7. The van der Waals surface area contributed by atoms with Crippen molar-refractivity contribution < 1.29 is 9.13 Å². The fourth-order valence-corrected chi connectivity index (χ4v) is 4.12. The van der Waals surface area contributed by atoms with Crippen molar-refractivity contribution in [2.75, 3.05) is 13.3 Å². The van der Waals surface area contributed by atoms with E-state index in [4.69, 9.17) is 15.5 Å². The molecule has 0 fully saturated rings. The van der Waals surface area contributed by atoms with Gasteiger partial charge in [0.15, 0.2) is 0 Å². The fourth-order valence-electron chi connectivity index (χ4n) is 4.12. The van der Waals surface area contributed by atoms with Gasteiger partial charge in [-0.25, -0.2) is 19.9 Å². The van der Waals surface area contributed by atoms with Crippen LogP contribution in [-0.2, 0) is 5.54 Å². The Balaban J connectivity index is 1.70. The molecule has 5 rings (SSSR count). The van der Waals surface area contributed by atoms with Gasteiger partial charge in [-0.05, 0) is 34.9 Å². The maximum atomic E-state index is 12.5. The number of rotatable bonds is 7. The van der Waals surface area contributed by atoms with E-state index in [-0.39, 0.29) is 6.61 Å². The molecule has 0 saturated heterocycles. The smallest absolute Gasteiger partial charge is 0.213 e. The second kappa shape index (κ2) is 8.74. The molecule has 1 atom stereocenters. The van der Waals surface area contributed by atoms with E-state index in [1.807, 2.05) is 42.5 Å². The number of fused-ring (bicyclic) bond motifs is 1. The van der Waals surface area contributed by atoms with Crippen LogP contribution in [-0.4, -0.2) is 39.1 Å². The molecule has 0 saturated carbocycles. The number of nitrogens with zero attached hydrogens (tertiary/aromatic N) is 5. The lowest BCUT2D eigenvalue weighted by atomic mass is 9.78. The summed E-state index contributed by atoms with van der Waals surface area (Å²) in [5.41, 5.74) is 10.5. The second-order valence-electron chi connectivity index (χ2n) is 7.59. The molecule has 0 amide bonds. The van der Waals surface area contributed by atoms with Crippen molar-refractivity contribution in [3.8, 4) is 17.0 Å². The van der Waals surface area contributed by atoms with Crippen LogP contribution in [0.4, 0.5) is 4.39 Å². The van der Waals surface area contributed by atoms with Gasteiger partial charge in [0, 0.05) is 48.4 Å². The van der Waals surface area contributed by atoms with Crippen LogP contribution >= 0.6 is 0 Å². The predicted octanol–water partition coefficient (Wildman–Crippen LogP) is 3.68. The molecule has 4 heterocycles. The number of hydrogen-bond acceptors (Lipinski definition) is 7.